The van der Waals surface area contributed by atoms with E-state index < -0.39 is 4.92 Å². The van der Waals surface area contributed by atoms with E-state index in [1.165, 1.54) is 12.1 Å². The van der Waals surface area contributed by atoms with Gasteiger partial charge in [0.05, 0.1) is 9.95 Å². The van der Waals surface area contributed by atoms with E-state index in [1.807, 2.05) is 26.0 Å². The molecule has 110 valence electrons. The quantitative estimate of drug-likeness (QED) is 0.495. The molecule has 0 aliphatic rings. The summed E-state index contributed by atoms with van der Waals surface area (Å²) in [5, 5.41) is 11.3. The zero-order valence-electron chi connectivity index (χ0n) is 11.5. The molecular formula is C15H13BrClNO3. The Labute approximate surface area is 136 Å². The van der Waals surface area contributed by atoms with Crippen LogP contribution in [-0.4, -0.2) is 4.92 Å². The minimum Gasteiger partial charge on any atom is -0.448 e. The van der Waals surface area contributed by atoms with Crippen molar-refractivity contribution in [3.05, 3.63) is 61.6 Å². The number of hydrogen-bond donors (Lipinski definition) is 0. The van der Waals surface area contributed by atoms with Gasteiger partial charge in [-0.2, -0.15) is 0 Å². The number of ether oxygens (including phenoxy) is 1. The first-order valence-corrected chi connectivity index (χ1v) is 7.47. The summed E-state index contributed by atoms with van der Waals surface area (Å²) in [5.41, 5.74) is 0.790. The molecule has 0 heterocycles. The summed E-state index contributed by atoms with van der Waals surface area (Å²) < 4.78 is 6.68. The Morgan fingerprint density at radius 1 is 1.29 bits per heavy atom. The SMILES string of the molecule is CC(C)c1cc(Br)ccc1Oc1c(Cl)cccc1[N+](=O)[O-]. The standard InChI is InChI=1S/C15H13BrClNO3/c1-9(2)11-8-10(16)6-7-14(11)21-15-12(17)4-3-5-13(15)18(19)20/h3-9H,1-2H3. The Morgan fingerprint density at radius 2 is 2.00 bits per heavy atom. The molecule has 2 aromatic rings. The smallest absolute Gasteiger partial charge is 0.313 e. The highest BCUT2D eigenvalue weighted by Crippen LogP contribution is 2.40. The number of rotatable bonds is 4. The molecule has 0 aliphatic carbocycles. The highest BCUT2D eigenvalue weighted by atomic mass is 79.9. The van der Waals surface area contributed by atoms with Crippen molar-refractivity contribution < 1.29 is 9.66 Å². The molecule has 2 aromatic carbocycles. The minimum absolute atomic E-state index is 0.0633. The zero-order valence-corrected chi connectivity index (χ0v) is 13.8. The van der Waals surface area contributed by atoms with Crippen molar-refractivity contribution in [3.63, 3.8) is 0 Å². The maximum absolute atomic E-state index is 11.1. The number of nitro groups is 1. The predicted molar refractivity (Wildman–Crippen MR) is 86.4 cm³/mol. The third-order valence-electron chi connectivity index (χ3n) is 2.95. The van der Waals surface area contributed by atoms with Crippen molar-refractivity contribution in [3.8, 4) is 11.5 Å². The van der Waals surface area contributed by atoms with E-state index in [-0.39, 0.29) is 22.4 Å². The Bertz CT molecular complexity index is 689. The summed E-state index contributed by atoms with van der Waals surface area (Å²) in [5.74, 6) is 0.830. The average Bonchev–Trinajstić information content (AvgIpc) is 2.42. The van der Waals surface area contributed by atoms with Gasteiger partial charge >= 0.3 is 5.69 Å². The second-order valence-electron chi connectivity index (χ2n) is 4.78. The van der Waals surface area contributed by atoms with Gasteiger partial charge in [-0.1, -0.05) is 47.4 Å². The molecule has 0 fully saturated rings. The van der Waals surface area contributed by atoms with Gasteiger partial charge in [-0.25, -0.2) is 0 Å². The summed E-state index contributed by atoms with van der Waals surface area (Å²) in [6.45, 7) is 4.05. The first-order valence-electron chi connectivity index (χ1n) is 6.30. The summed E-state index contributed by atoms with van der Waals surface area (Å²) in [4.78, 5) is 10.6. The highest BCUT2D eigenvalue weighted by Gasteiger charge is 2.20. The molecular weight excluding hydrogens is 358 g/mol. The molecule has 0 amide bonds. The summed E-state index contributed by atoms with van der Waals surface area (Å²) in [7, 11) is 0. The van der Waals surface area contributed by atoms with Crippen molar-refractivity contribution in [2.24, 2.45) is 0 Å². The molecule has 0 spiro atoms. The monoisotopic (exact) mass is 369 g/mol. The molecule has 2 rings (SSSR count). The van der Waals surface area contributed by atoms with Crippen LogP contribution >= 0.6 is 27.5 Å². The minimum atomic E-state index is -0.505. The Hall–Kier alpha value is -1.59. The Morgan fingerprint density at radius 3 is 2.62 bits per heavy atom. The Kier molecular flexibility index (Phi) is 4.85. The second kappa shape index (κ2) is 6.45. The van der Waals surface area contributed by atoms with Crippen LogP contribution in [0.1, 0.15) is 25.3 Å². The number of hydrogen-bond acceptors (Lipinski definition) is 3. The molecule has 0 bridgehead atoms. The number of halogens is 2. The van der Waals surface area contributed by atoms with Gasteiger partial charge in [-0.15, -0.1) is 0 Å². The maximum Gasteiger partial charge on any atom is 0.313 e. The van der Waals surface area contributed by atoms with E-state index in [1.54, 1.807) is 12.1 Å². The van der Waals surface area contributed by atoms with Gasteiger partial charge in [0.25, 0.3) is 0 Å². The number of benzene rings is 2. The van der Waals surface area contributed by atoms with E-state index in [9.17, 15) is 10.1 Å². The molecule has 0 aromatic heterocycles. The number of para-hydroxylation sites is 1. The van der Waals surface area contributed by atoms with Gasteiger partial charge in [0.1, 0.15) is 5.75 Å². The summed E-state index contributed by atoms with van der Waals surface area (Å²) >= 11 is 9.46. The third kappa shape index (κ3) is 3.54. The normalized spacial score (nSPS) is 10.7. The fourth-order valence-electron chi connectivity index (χ4n) is 1.92. The lowest BCUT2D eigenvalue weighted by Crippen LogP contribution is -1.98. The van der Waals surface area contributed by atoms with Crippen LogP contribution in [0.25, 0.3) is 0 Å². The second-order valence-corrected chi connectivity index (χ2v) is 6.11. The molecule has 0 radical (unpaired) electrons. The van der Waals surface area contributed by atoms with Crippen LogP contribution in [0.2, 0.25) is 5.02 Å². The van der Waals surface area contributed by atoms with Crippen molar-refractivity contribution in [2.75, 3.05) is 0 Å². The molecule has 0 atom stereocenters. The molecule has 0 aliphatic heterocycles. The van der Waals surface area contributed by atoms with Gasteiger partial charge < -0.3 is 4.74 Å². The van der Waals surface area contributed by atoms with Gasteiger partial charge in [-0.05, 0) is 35.7 Å². The van der Waals surface area contributed by atoms with Crippen molar-refractivity contribution in [2.45, 2.75) is 19.8 Å². The average molecular weight is 371 g/mol. The highest BCUT2D eigenvalue weighted by molar-refractivity contribution is 9.10. The fraction of sp³-hybridized carbons (Fsp3) is 0.200. The van der Waals surface area contributed by atoms with Crippen molar-refractivity contribution in [1.29, 1.82) is 0 Å². The summed E-state index contributed by atoms with van der Waals surface area (Å²) in [6.07, 6.45) is 0. The third-order valence-corrected chi connectivity index (χ3v) is 3.74. The molecule has 0 unspecified atom stereocenters. The van der Waals surface area contributed by atoms with E-state index in [2.05, 4.69) is 15.9 Å². The van der Waals surface area contributed by atoms with Crippen molar-refractivity contribution >= 4 is 33.2 Å². The van der Waals surface area contributed by atoms with E-state index >= 15 is 0 Å². The molecule has 0 N–H and O–H groups in total. The lowest BCUT2D eigenvalue weighted by atomic mass is 10.0. The van der Waals surface area contributed by atoms with Crippen LogP contribution in [0.15, 0.2) is 40.9 Å². The van der Waals surface area contributed by atoms with Crippen LogP contribution in [0.5, 0.6) is 11.5 Å². The van der Waals surface area contributed by atoms with E-state index in [0.717, 1.165) is 10.0 Å². The van der Waals surface area contributed by atoms with Gasteiger partial charge in [0.15, 0.2) is 0 Å². The molecule has 6 heteroatoms. The predicted octanol–water partition coefficient (Wildman–Crippen LogP) is 5.93. The van der Waals surface area contributed by atoms with Gasteiger partial charge in [0, 0.05) is 10.5 Å². The molecule has 21 heavy (non-hydrogen) atoms. The zero-order chi connectivity index (χ0) is 15.6. The Balaban J connectivity index is 2.51. The van der Waals surface area contributed by atoms with Crippen LogP contribution in [0, 0.1) is 10.1 Å². The lowest BCUT2D eigenvalue weighted by Gasteiger charge is -2.15. The van der Waals surface area contributed by atoms with Crippen LogP contribution < -0.4 is 4.74 Å². The molecule has 0 saturated carbocycles. The largest absolute Gasteiger partial charge is 0.448 e. The fourth-order valence-corrected chi connectivity index (χ4v) is 2.50. The van der Waals surface area contributed by atoms with Gasteiger partial charge in [-0.3, -0.25) is 10.1 Å². The molecule has 4 nitrogen and oxygen atoms in total. The van der Waals surface area contributed by atoms with E-state index in [0.29, 0.717) is 5.75 Å². The first-order chi connectivity index (χ1) is 9.90. The van der Waals surface area contributed by atoms with Crippen LogP contribution in [0.4, 0.5) is 5.69 Å². The number of nitrogens with zero attached hydrogens (tertiary/aromatic N) is 1. The maximum atomic E-state index is 11.1. The summed E-state index contributed by atoms with van der Waals surface area (Å²) in [6, 6.07) is 9.99. The lowest BCUT2D eigenvalue weighted by molar-refractivity contribution is -0.385. The topological polar surface area (TPSA) is 52.4 Å². The van der Waals surface area contributed by atoms with E-state index in [4.69, 9.17) is 16.3 Å². The van der Waals surface area contributed by atoms with Crippen LogP contribution in [-0.2, 0) is 0 Å². The van der Waals surface area contributed by atoms with Crippen LogP contribution in [0.3, 0.4) is 0 Å². The molecule has 0 saturated heterocycles. The first kappa shape index (κ1) is 15.8. The number of nitro benzene ring substituents is 1. The van der Waals surface area contributed by atoms with Gasteiger partial charge in [0.2, 0.25) is 5.75 Å². The van der Waals surface area contributed by atoms with Crippen molar-refractivity contribution in [1.82, 2.24) is 0 Å².